The minimum atomic E-state index is -0.554. The van der Waals surface area contributed by atoms with Crippen LogP contribution in [0.2, 0.25) is 0 Å². The summed E-state index contributed by atoms with van der Waals surface area (Å²) in [5.74, 6) is -0.510. The number of aliphatic hydroxyl groups is 1. The monoisotopic (exact) mass is 276 g/mol. The van der Waals surface area contributed by atoms with Gasteiger partial charge in [-0.15, -0.1) is 0 Å². The zero-order chi connectivity index (χ0) is 13.7. The molecule has 0 saturated heterocycles. The lowest BCUT2D eigenvalue weighted by atomic mass is 10.1. The van der Waals surface area contributed by atoms with Crippen molar-refractivity contribution in [2.75, 3.05) is 6.54 Å². The standard InChI is InChI=1S/C14H13FN2OS/c15-13-2-1-10(5-12(13)6-16)7-17-8-14(18)11-3-4-19-9-11/h1-5,9,14,17-18H,7-8H2. The van der Waals surface area contributed by atoms with E-state index in [2.05, 4.69) is 5.32 Å². The Balaban J connectivity index is 1.88. The van der Waals surface area contributed by atoms with E-state index in [1.807, 2.05) is 16.8 Å². The average molecular weight is 276 g/mol. The molecule has 0 bridgehead atoms. The lowest BCUT2D eigenvalue weighted by Gasteiger charge is -2.10. The molecule has 0 aliphatic carbocycles. The van der Waals surface area contributed by atoms with Crippen molar-refractivity contribution in [1.29, 1.82) is 5.26 Å². The van der Waals surface area contributed by atoms with Crippen LogP contribution in [0.4, 0.5) is 4.39 Å². The van der Waals surface area contributed by atoms with E-state index in [4.69, 9.17) is 5.26 Å². The molecule has 0 fully saturated rings. The van der Waals surface area contributed by atoms with Crippen molar-refractivity contribution in [2.24, 2.45) is 0 Å². The Kier molecular flexibility index (Phi) is 4.63. The maximum atomic E-state index is 13.1. The lowest BCUT2D eigenvalue weighted by Crippen LogP contribution is -2.20. The first-order valence-electron chi connectivity index (χ1n) is 5.80. The molecule has 1 unspecified atom stereocenters. The first-order chi connectivity index (χ1) is 9.20. The third kappa shape index (κ3) is 3.61. The molecule has 2 rings (SSSR count). The summed E-state index contributed by atoms with van der Waals surface area (Å²) in [6.45, 7) is 0.895. The molecule has 0 amide bonds. The molecule has 0 radical (unpaired) electrons. The van der Waals surface area contributed by atoms with Crippen molar-refractivity contribution < 1.29 is 9.50 Å². The van der Waals surface area contributed by atoms with Gasteiger partial charge in [0.05, 0.1) is 11.7 Å². The van der Waals surface area contributed by atoms with Crippen LogP contribution < -0.4 is 5.32 Å². The molecule has 2 aromatic rings. The largest absolute Gasteiger partial charge is 0.387 e. The molecule has 2 N–H and O–H groups in total. The van der Waals surface area contributed by atoms with Crippen LogP contribution >= 0.6 is 11.3 Å². The van der Waals surface area contributed by atoms with E-state index in [-0.39, 0.29) is 5.56 Å². The van der Waals surface area contributed by atoms with E-state index in [0.717, 1.165) is 11.1 Å². The van der Waals surface area contributed by atoms with Crippen LogP contribution in [0.15, 0.2) is 35.0 Å². The highest BCUT2D eigenvalue weighted by Crippen LogP contribution is 2.15. The molecule has 1 aromatic heterocycles. The van der Waals surface area contributed by atoms with Crippen molar-refractivity contribution in [2.45, 2.75) is 12.6 Å². The number of nitriles is 1. The fraction of sp³-hybridized carbons (Fsp3) is 0.214. The highest BCUT2D eigenvalue weighted by molar-refractivity contribution is 7.07. The van der Waals surface area contributed by atoms with E-state index in [1.165, 1.54) is 23.5 Å². The Morgan fingerprint density at radius 1 is 1.42 bits per heavy atom. The molecule has 98 valence electrons. The minimum absolute atomic E-state index is 0.0395. The predicted molar refractivity (Wildman–Crippen MR) is 72.1 cm³/mol. The van der Waals surface area contributed by atoms with Crippen molar-refractivity contribution in [3.05, 3.63) is 57.5 Å². The van der Waals surface area contributed by atoms with Crippen LogP contribution in [0.3, 0.4) is 0 Å². The summed E-state index contributed by atoms with van der Waals surface area (Å²) in [4.78, 5) is 0. The van der Waals surface area contributed by atoms with Gasteiger partial charge in [-0.1, -0.05) is 6.07 Å². The van der Waals surface area contributed by atoms with Gasteiger partial charge in [0.25, 0.3) is 0 Å². The number of rotatable bonds is 5. The summed E-state index contributed by atoms with van der Waals surface area (Å²) in [5, 5.41) is 25.5. The highest BCUT2D eigenvalue weighted by Gasteiger charge is 2.07. The second-order valence-corrected chi connectivity index (χ2v) is 4.91. The van der Waals surface area contributed by atoms with Crippen LogP contribution in [-0.2, 0) is 6.54 Å². The zero-order valence-electron chi connectivity index (χ0n) is 10.1. The van der Waals surface area contributed by atoms with Gasteiger partial charge >= 0.3 is 0 Å². The fourth-order valence-corrected chi connectivity index (χ4v) is 2.41. The molecule has 0 spiro atoms. The van der Waals surface area contributed by atoms with Gasteiger partial charge < -0.3 is 10.4 Å². The number of nitrogens with one attached hydrogen (secondary N) is 1. The van der Waals surface area contributed by atoms with Crippen LogP contribution in [0.5, 0.6) is 0 Å². The van der Waals surface area contributed by atoms with E-state index < -0.39 is 11.9 Å². The second kappa shape index (κ2) is 6.43. The lowest BCUT2D eigenvalue weighted by molar-refractivity contribution is 0.175. The quantitative estimate of drug-likeness (QED) is 0.882. The highest BCUT2D eigenvalue weighted by atomic mass is 32.1. The summed E-state index contributed by atoms with van der Waals surface area (Å²) in [7, 11) is 0. The molecule has 0 aliphatic heterocycles. The van der Waals surface area contributed by atoms with Gasteiger partial charge in [0, 0.05) is 13.1 Å². The normalized spacial score (nSPS) is 12.1. The molecule has 1 heterocycles. The molecular formula is C14H13FN2OS. The minimum Gasteiger partial charge on any atom is -0.387 e. The number of thiophene rings is 1. The van der Waals surface area contributed by atoms with Gasteiger partial charge in [0.2, 0.25) is 0 Å². The maximum absolute atomic E-state index is 13.1. The van der Waals surface area contributed by atoms with Crippen molar-refractivity contribution in [3.8, 4) is 6.07 Å². The zero-order valence-corrected chi connectivity index (χ0v) is 11.0. The molecule has 3 nitrogen and oxygen atoms in total. The summed E-state index contributed by atoms with van der Waals surface area (Å²) in [6, 6.07) is 8.11. The van der Waals surface area contributed by atoms with Gasteiger partial charge in [-0.2, -0.15) is 16.6 Å². The number of aliphatic hydroxyl groups excluding tert-OH is 1. The molecule has 19 heavy (non-hydrogen) atoms. The summed E-state index contributed by atoms with van der Waals surface area (Å²) < 4.78 is 13.1. The van der Waals surface area contributed by atoms with E-state index >= 15 is 0 Å². The Bertz CT molecular complexity index is 578. The summed E-state index contributed by atoms with van der Waals surface area (Å²) >= 11 is 1.54. The van der Waals surface area contributed by atoms with Crippen molar-refractivity contribution >= 4 is 11.3 Å². The number of hydrogen-bond donors (Lipinski definition) is 2. The molecule has 0 aliphatic rings. The van der Waals surface area contributed by atoms with E-state index in [1.54, 1.807) is 12.1 Å². The smallest absolute Gasteiger partial charge is 0.140 e. The first kappa shape index (κ1) is 13.7. The Morgan fingerprint density at radius 2 is 2.26 bits per heavy atom. The van der Waals surface area contributed by atoms with Gasteiger partial charge in [0.15, 0.2) is 0 Å². The molecule has 1 atom stereocenters. The van der Waals surface area contributed by atoms with Crippen LogP contribution in [0, 0.1) is 17.1 Å². The SMILES string of the molecule is N#Cc1cc(CNCC(O)c2ccsc2)ccc1F. The molecule has 5 heteroatoms. The number of halogens is 1. The molecule has 0 saturated carbocycles. The van der Waals surface area contributed by atoms with Gasteiger partial charge in [0.1, 0.15) is 11.9 Å². The summed E-state index contributed by atoms with van der Waals surface area (Å²) in [5.41, 5.74) is 1.74. The Labute approximate surface area is 114 Å². The first-order valence-corrected chi connectivity index (χ1v) is 6.74. The van der Waals surface area contributed by atoms with Gasteiger partial charge in [-0.3, -0.25) is 0 Å². The average Bonchev–Trinajstić information content (AvgIpc) is 2.94. The third-order valence-electron chi connectivity index (χ3n) is 2.75. The Hall–Kier alpha value is -1.74. The number of benzene rings is 1. The van der Waals surface area contributed by atoms with Crippen molar-refractivity contribution in [3.63, 3.8) is 0 Å². The van der Waals surface area contributed by atoms with Crippen LogP contribution in [0.1, 0.15) is 22.8 Å². The second-order valence-electron chi connectivity index (χ2n) is 4.13. The maximum Gasteiger partial charge on any atom is 0.140 e. The van der Waals surface area contributed by atoms with Gasteiger partial charge in [-0.05, 0) is 40.1 Å². The van der Waals surface area contributed by atoms with Gasteiger partial charge in [-0.25, -0.2) is 4.39 Å². The predicted octanol–water partition coefficient (Wildman–Crippen LogP) is 2.58. The topological polar surface area (TPSA) is 56.0 Å². The number of nitrogens with zero attached hydrogens (tertiary/aromatic N) is 1. The van der Waals surface area contributed by atoms with Crippen LogP contribution in [0.25, 0.3) is 0 Å². The van der Waals surface area contributed by atoms with E-state index in [9.17, 15) is 9.50 Å². The van der Waals surface area contributed by atoms with E-state index in [0.29, 0.717) is 13.1 Å². The number of hydrogen-bond acceptors (Lipinski definition) is 4. The third-order valence-corrected chi connectivity index (χ3v) is 3.45. The van der Waals surface area contributed by atoms with Crippen LogP contribution in [-0.4, -0.2) is 11.7 Å². The van der Waals surface area contributed by atoms with Crippen molar-refractivity contribution in [1.82, 2.24) is 5.32 Å². The fourth-order valence-electron chi connectivity index (χ4n) is 1.70. The molecular weight excluding hydrogens is 263 g/mol. The Morgan fingerprint density at radius 3 is 2.95 bits per heavy atom. The molecule has 1 aromatic carbocycles. The summed E-state index contributed by atoms with van der Waals surface area (Å²) in [6.07, 6.45) is -0.554.